The van der Waals surface area contributed by atoms with E-state index in [1.54, 1.807) is 6.07 Å². The molecule has 1 atom stereocenters. The van der Waals surface area contributed by atoms with Crippen LogP contribution in [-0.4, -0.2) is 23.0 Å². The number of halogens is 2. The maximum absolute atomic E-state index is 5.98. The molecule has 3 N–H and O–H groups in total. The number of rotatable bonds is 5. The minimum absolute atomic E-state index is 0.298. The average molecular weight is 280 g/mol. The van der Waals surface area contributed by atoms with Crippen molar-refractivity contribution in [2.45, 2.75) is 18.6 Å². The van der Waals surface area contributed by atoms with E-state index in [0.717, 1.165) is 13.0 Å². The van der Waals surface area contributed by atoms with Crippen molar-refractivity contribution in [1.82, 2.24) is 4.98 Å². The summed E-state index contributed by atoms with van der Waals surface area (Å²) in [7, 11) is 0. The molecule has 0 aliphatic carbocycles. The summed E-state index contributed by atoms with van der Waals surface area (Å²) < 4.78 is 0. The van der Waals surface area contributed by atoms with Crippen LogP contribution in [0.5, 0.6) is 0 Å². The average Bonchev–Trinajstić information content (AvgIpc) is 2.25. The van der Waals surface area contributed by atoms with Crippen molar-refractivity contribution in [1.29, 1.82) is 0 Å². The van der Waals surface area contributed by atoms with Crippen molar-refractivity contribution in [2.75, 3.05) is 23.9 Å². The molecule has 0 bridgehead atoms. The molecule has 0 aliphatic rings. The Morgan fingerprint density at radius 3 is 2.81 bits per heavy atom. The standard InChI is InChI=1S/C10H15Cl2N3S/c1-6(16-2)3-4-14-10-8(12)5-7(11)9(13)15-10/h5-6H,3-4H2,1-2H3,(H3,13,14,15). The number of thioether (sulfide) groups is 1. The van der Waals surface area contributed by atoms with Gasteiger partial charge in [-0.25, -0.2) is 4.98 Å². The van der Waals surface area contributed by atoms with Crippen LogP contribution < -0.4 is 11.1 Å². The van der Waals surface area contributed by atoms with Crippen LogP contribution in [0.2, 0.25) is 10.0 Å². The van der Waals surface area contributed by atoms with E-state index in [1.165, 1.54) is 0 Å². The molecule has 0 aliphatic heterocycles. The van der Waals surface area contributed by atoms with E-state index in [0.29, 0.717) is 26.9 Å². The van der Waals surface area contributed by atoms with Crippen molar-refractivity contribution in [3.05, 3.63) is 16.1 Å². The van der Waals surface area contributed by atoms with Gasteiger partial charge in [-0.1, -0.05) is 30.1 Å². The number of nitrogens with one attached hydrogen (secondary N) is 1. The molecule has 0 spiro atoms. The minimum atomic E-state index is 0.298. The number of pyridine rings is 1. The zero-order valence-corrected chi connectivity index (χ0v) is 11.6. The van der Waals surface area contributed by atoms with Gasteiger partial charge in [-0.15, -0.1) is 0 Å². The van der Waals surface area contributed by atoms with Crippen LogP contribution in [0, 0.1) is 0 Å². The van der Waals surface area contributed by atoms with Crippen LogP contribution in [0.25, 0.3) is 0 Å². The predicted octanol–water partition coefficient (Wildman–Crippen LogP) is 3.52. The second kappa shape index (κ2) is 6.42. The van der Waals surface area contributed by atoms with Crippen molar-refractivity contribution in [3.63, 3.8) is 0 Å². The van der Waals surface area contributed by atoms with Gasteiger partial charge in [0.25, 0.3) is 0 Å². The van der Waals surface area contributed by atoms with E-state index in [2.05, 4.69) is 23.5 Å². The van der Waals surface area contributed by atoms with Gasteiger partial charge in [-0.3, -0.25) is 0 Å². The summed E-state index contributed by atoms with van der Waals surface area (Å²) in [6, 6.07) is 1.60. The van der Waals surface area contributed by atoms with Gasteiger partial charge in [-0.05, 0) is 18.7 Å². The summed E-state index contributed by atoms with van der Waals surface area (Å²) in [5.74, 6) is 0.892. The molecule has 1 rings (SSSR count). The molecule has 0 saturated heterocycles. The van der Waals surface area contributed by atoms with Crippen molar-refractivity contribution < 1.29 is 0 Å². The van der Waals surface area contributed by atoms with E-state index >= 15 is 0 Å². The van der Waals surface area contributed by atoms with E-state index < -0.39 is 0 Å². The number of aromatic nitrogens is 1. The Morgan fingerprint density at radius 2 is 2.19 bits per heavy atom. The molecule has 16 heavy (non-hydrogen) atoms. The molecule has 0 amide bonds. The number of nitrogens with two attached hydrogens (primary N) is 1. The SMILES string of the molecule is CSC(C)CCNc1nc(N)c(Cl)cc1Cl. The maximum atomic E-state index is 5.98. The van der Waals surface area contributed by atoms with Crippen molar-refractivity contribution in [2.24, 2.45) is 0 Å². The summed E-state index contributed by atoms with van der Waals surface area (Å²) in [4.78, 5) is 4.09. The van der Waals surface area contributed by atoms with Crippen LogP contribution in [0.1, 0.15) is 13.3 Å². The lowest BCUT2D eigenvalue weighted by Crippen LogP contribution is -2.09. The van der Waals surface area contributed by atoms with E-state index in [-0.39, 0.29) is 0 Å². The molecule has 1 aromatic rings. The molecule has 1 aromatic heterocycles. The fourth-order valence-corrected chi connectivity index (χ4v) is 1.90. The summed E-state index contributed by atoms with van der Waals surface area (Å²) in [5, 5.41) is 4.64. The summed E-state index contributed by atoms with van der Waals surface area (Å²) >= 11 is 13.6. The molecule has 0 aromatic carbocycles. The molecule has 1 unspecified atom stereocenters. The first kappa shape index (κ1) is 13.7. The molecule has 0 radical (unpaired) electrons. The van der Waals surface area contributed by atoms with Gasteiger partial charge >= 0.3 is 0 Å². The van der Waals surface area contributed by atoms with E-state index in [1.807, 2.05) is 11.8 Å². The smallest absolute Gasteiger partial charge is 0.147 e. The van der Waals surface area contributed by atoms with Crippen LogP contribution in [0.15, 0.2) is 6.07 Å². The van der Waals surface area contributed by atoms with Gasteiger partial charge in [0.15, 0.2) is 0 Å². The Bertz CT molecular complexity index is 360. The third-order valence-corrected chi connectivity index (χ3v) is 3.83. The normalized spacial score (nSPS) is 12.5. The van der Waals surface area contributed by atoms with Crippen molar-refractivity contribution >= 4 is 46.6 Å². The monoisotopic (exact) mass is 279 g/mol. The van der Waals surface area contributed by atoms with Gasteiger partial charge in [0, 0.05) is 11.8 Å². The Hall–Kier alpha value is -0.320. The molecule has 90 valence electrons. The number of nitrogen functional groups attached to an aromatic ring is 1. The fraction of sp³-hybridized carbons (Fsp3) is 0.500. The van der Waals surface area contributed by atoms with Gasteiger partial charge in [0.05, 0.1) is 10.0 Å². The largest absolute Gasteiger partial charge is 0.382 e. The van der Waals surface area contributed by atoms with Crippen LogP contribution in [0.3, 0.4) is 0 Å². The second-order valence-corrected chi connectivity index (χ2v) is 5.54. The van der Waals surface area contributed by atoms with Gasteiger partial charge in [0.2, 0.25) is 0 Å². The van der Waals surface area contributed by atoms with Gasteiger partial charge in [0.1, 0.15) is 11.6 Å². The lowest BCUT2D eigenvalue weighted by molar-refractivity contribution is 0.850. The molecule has 6 heteroatoms. The highest BCUT2D eigenvalue weighted by Gasteiger charge is 2.07. The highest BCUT2D eigenvalue weighted by atomic mass is 35.5. The maximum Gasteiger partial charge on any atom is 0.147 e. The predicted molar refractivity (Wildman–Crippen MR) is 74.8 cm³/mol. The Balaban J connectivity index is 2.57. The highest BCUT2D eigenvalue weighted by molar-refractivity contribution is 7.99. The van der Waals surface area contributed by atoms with E-state index in [9.17, 15) is 0 Å². The number of hydrogen-bond donors (Lipinski definition) is 2. The second-order valence-electron chi connectivity index (χ2n) is 3.45. The minimum Gasteiger partial charge on any atom is -0.382 e. The molecule has 0 saturated carbocycles. The zero-order chi connectivity index (χ0) is 12.1. The molecule has 0 fully saturated rings. The third-order valence-electron chi connectivity index (χ3n) is 2.20. The van der Waals surface area contributed by atoms with Gasteiger partial charge in [-0.2, -0.15) is 11.8 Å². The highest BCUT2D eigenvalue weighted by Crippen LogP contribution is 2.27. The number of nitrogens with zero attached hydrogens (tertiary/aromatic N) is 1. The Morgan fingerprint density at radius 1 is 1.50 bits per heavy atom. The fourth-order valence-electron chi connectivity index (χ4n) is 1.12. The first-order valence-electron chi connectivity index (χ1n) is 4.92. The first-order valence-corrected chi connectivity index (χ1v) is 6.97. The summed E-state index contributed by atoms with van der Waals surface area (Å²) in [6.45, 7) is 2.99. The molecular weight excluding hydrogens is 265 g/mol. The lowest BCUT2D eigenvalue weighted by atomic mass is 10.3. The van der Waals surface area contributed by atoms with Crippen molar-refractivity contribution in [3.8, 4) is 0 Å². The third kappa shape index (κ3) is 3.92. The Labute approximate surface area is 110 Å². The molecular formula is C10H15Cl2N3S. The van der Waals surface area contributed by atoms with Crippen LogP contribution in [0.4, 0.5) is 11.6 Å². The first-order chi connectivity index (χ1) is 7.54. The summed E-state index contributed by atoms with van der Waals surface area (Å²) in [6.07, 6.45) is 3.14. The van der Waals surface area contributed by atoms with Gasteiger partial charge < -0.3 is 11.1 Å². The van der Waals surface area contributed by atoms with Crippen LogP contribution >= 0.6 is 35.0 Å². The quantitative estimate of drug-likeness (QED) is 0.866. The topological polar surface area (TPSA) is 50.9 Å². The van der Waals surface area contributed by atoms with Crippen LogP contribution in [-0.2, 0) is 0 Å². The molecule has 3 nitrogen and oxygen atoms in total. The number of hydrogen-bond acceptors (Lipinski definition) is 4. The van der Waals surface area contributed by atoms with E-state index in [4.69, 9.17) is 28.9 Å². The lowest BCUT2D eigenvalue weighted by Gasteiger charge is -2.11. The number of anilines is 2. The summed E-state index contributed by atoms with van der Waals surface area (Å²) in [5.41, 5.74) is 5.60. The zero-order valence-electron chi connectivity index (χ0n) is 9.26. The Kier molecular flexibility index (Phi) is 5.52. The molecule has 1 heterocycles.